The van der Waals surface area contributed by atoms with E-state index in [1.165, 1.54) is 4.90 Å². The molecular weight excluding hydrogens is 472 g/mol. The number of hydrogen-bond acceptors (Lipinski definition) is 5. The zero-order chi connectivity index (χ0) is 28.4. The van der Waals surface area contributed by atoms with Crippen molar-refractivity contribution in [3.63, 3.8) is 0 Å². The third kappa shape index (κ3) is 10.8. The Morgan fingerprint density at radius 3 is 2.03 bits per heavy atom. The summed E-state index contributed by atoms with van der Waals surface area (Å²) in [4.78, 5) is 53.5. The molecule has 0 bridgehead atoms. The molecule has 0 aliphatic heterocycles. The molecule has 9 nitrogen and oxygen atoms in total. The smallest absolute Gasteiger partial charge is 0.408 e. The number of aryl methyl sites for hydroxylation is 1. The second-order valence-corrected chi connectivity index (χ2v) is 11.2. The van der Waals surface area contributed by atoms with Gasteiger partial charge in [0, 0.05) is 12.1 Å². The first kappa shape index (κ1) is 31.9. The maximum atomic E-state index is 14.0. The predicted molar refractivity (Wildman–Crippen MR) is 145 cm³/mol. The highest BCUT2D eigenvalue weighted by Crippen LogP contribution is 2.30. The van der Waals surface area contributed by atoms with Crippen molar-refractivity contribution in [2.45, 2.75) is 111 Å². The quantitative estimate of drug-likeness (QED) is 0.360. The van der Waals surface area contributed by atoms with Crippen molar-refractivity contribution >= 4 is 23.8 Å². The van der Waals surface area contributed by atoms with E-state index >= 15 is 0 Å². The van der Waals surface area contributed by atoms with Crippen LogP contribution >= 0.6 is 0 Å². The van der Waals surface area contributed by atoms with Crippen molar-refractivity contribution in [2.24, 2.45) is 5.73 Å². The van der Waals surface area contributed by atoms with E-state index < -0.39 is 47.6 Å². The molecule has 208 valence electrons. The van der Waals surface area contributed by atoms with Crippen LogP contribution in [0.4, 0.5) is 4.79 Å². The second-order valence-electron chi connectivity index (χ2n) is 11.2. The molecule has 2 unspecified atom stereocenters. The molecule has 0 aromatic heterocycles. The van der Waals surface area contributed by atoms with Gasteiger partial charge in [-0.2, -0.15) is 0 Å². The molecule has 1 aromatic rings. The van der Waals surface area contributed by atoms with Gasteiger partial charge in [-0.3, -0.25) is 14.4 Å². The van der Waals surface area contributed by atoms with E-state index in [2.05, 4.69) is 17.6 Å². The number of nitrogens with two attached hydrogens (primary N) is 1. The SMILES string of the molecule is CCCCCNC(=O)C(c1ccc(CC)cc1)N(C(=O)C(CC(N)=O)NC(=O)OC(C)(C)C)C(C)(C)C. The second kappa shape index (κ2) is 14.0. The minimum absolute atomic E-state index is 0.335. The fraction of sp³-hybridized carbons (Fsp3) is 0.643. The lowest BCUT2D eigenvalue weighted by Gasteiger charge is -2.43. The molecule has 0 aliphatic carbocycles. The molecule has 0 saturated heterocycles. The molecule has 4 amide bonds. The van der Waals surface area contributed by atoms with Crippen LogP contribution in [-0.2, 0) is 25.5 Å². The van der Waals surface area contributed by atoms with E-state index in [9.17, 15) is 19.2 Å². The van der Waals surface area contributed by atoms with Crippen LogP contribution < -0.4 is 16.4 Å². The Labute approximate surface area is 221 Å². The van der Waals surface area contributed by atoms with Crippen LogP contribution in [0.15, 0.2) is 24.3 Å². The van der Waals surface area contributed by atoms with Crippen LogP contribution in [0.25, 0.3) is 0 Å². The number of ether oxygens (including phenoxy) is 1. The van der Waals surface area contributed by atoms with E-state index in [0.717, 1.165) is 31.2 Å². The zero-order valence-electron chi connectivity index (χ0n) is 23.8. The number of amides is 4. The minimum Gasteiger partial charge on any atom is -0.444 e. The van der Waals surface area contributed by atoms with E-state index in [4.69, 9.17) is 10.5 Å². The Bertz CT molecular complexity index is 916. The van der Waals surface area contributed by atoms with Gasteiger partial charge in [-0.05, 0) is 65.5 Å². The van der Waals surface area contributed by atoms with Gasteiger partial charge in [0.25, 0.3) is 0 Å². The Morgan fingerprint density at radius 1 is 0.973 bits per heavy atom. The molecule has 9 heteroatoms. The first-order chi connectivity index (χ1) is 17.1. The predicted octanol–water partition coefficient (Wildman–Crippen LogP) is 3.99. The molecule has 0 saturated carbocycles. The standard InChI is InChI=1S/C28H46N4O5/c1-9-11-12-17-30-24(34)23(20-15-13-19(10-2)14-16-20)32(27(3,4)5)25(35)21(18-22(29)33)31-26(36)37-28(6,7)8/h13-16,21,23H,9-12,17-18H2,1-8H3,(H2,29,33)(H,30,34)(H,31,36). The number of alkyl carbamates (subject to hydrolysis) is 1. The topological polar surface area (TPSA) is 131 Å². The van der Waals surface area contributed by atoms with Crippen LogP contribution in [0.3, 0.4) is 0 Å². The van der Waals surface area contributed by atoms with Gasteiger partial charge >= 0.3 is 6.09 Å². The van der Waals surface area contributed by atoms with Crippen LogP contribution in [0.2, 0.25) is 0 Å². The molecule has 0 fully saturated rings. The van der Waals surface area contributed by atoms with Crippen molar-refractivity contribution in [3.05, 3.63) is 35.4 Å². The number of carbonyl (C=O) groups excluding carboxylic acids is 4. The van der Waals surface area contributed by atoms with Gasteiger partial charge in [0.15, 0.2) is 0 Å². The van der Waals surface area contributed by atoms with Gasteiger partial charge in [0.1, 0.15) is 17.7 Å². The van der Waals surface area contributed by atoms with E-state index in [1.54, 1.807) is 41.5 Å². The van der Waals surface area contributed by atoms with Crippen molar-refractivity contribution < 1.29 is 23.9 Å². The maximum absolute atomic E-state index is 14.0. The van der Waals surface area contributed by atoms with E-state index in [-0.39, 0.29) is 5.91 Å². The lowest BCUT2D eigenvalue weighted by atomic mass is 9.94. The number of primary amides is 1. The highest BCUT2D eigenvalue weighted by molar-refractivity contribution is 5.95. The monoisotopic (exact) mass is 518 g/mol. The fourth-order valence-electron chi connectivity index (χ4n) is 3.90. The molecule has 4 N–H and O–H groups in total. The number of nitrogens with zero attached hydrogens (tertiary/aromatic N) is 1. The summed E-state index contributed by atoms with van der Waals surface area (Å²) in [5.41, 5.74) is 5.50. The van der Waals surface area contributed by atoms with Crippen LogP contribution in [0.1, 0.15) is 98.2 Å². The summed E-state index contributed by atoms with van der Waals surface area (Å²) in [6.07, 6.45) is 2.33. The third-order valence-electron chi connectivity index (χ3n) is 5.64. The Hall–Kier alpha value is -3.10. The van der Waals surface area contributed by atoms with E-state index in [1.807, 2.05) is 31.2 Å². The maximum Gasteiger partial charge on any atom is 0.408 e. The minimum atomic E-state index is -1.31. The average molecular weight is 519 g/mol. The van der Waals surface area contributed by atoms with Gasteiger partial charge in [0.2, 0.25) is 17.7 Å². The zero-order valence-corrected chi connectivity index (χ0v) is 23.8. The summed E-state index contributed by atoms with van der Waals surface area (Å²) in [5, 5.41) is 5.46. The van der Waals surface area contributed by atoms with Crippen molar-refractivity contribution in [1.29, 1.82) is 0 Å². The molecule has 0 spiro atoms. The first-order valence-corrected chi connectivity index (χ1v) is 13.1. The Morgan fingerprint density at radius 2 is 1.57 bits per heavy atom. The van der Waals surface area contributed by atoms with Gasteiger partial charge in [-0.25, -0.2) is 4.79 Å². The number of hydrogen-bond donors (Lipinski definition) is 3. The molecule has 1 rings (SSSR count). The van der Waals surface area contributed by atoms with Crippen molar-refractivity contribution in [1.82, 2.24) is 15.5 Å². The van der Waals surface area contributed by atoms with Crippen LogP contribution in [0.5, 0.6) is 0 Å². The number of carbonyl (C=O) groups is 4. The molecule has 1 aromatic carbocycles. The van der Waals surface area contributed by atoms with Gasteiger partial charge in [0.05, 0.1) is 6.42 Å². The first-order valence-electron chi connectivity index (χ1n) is 13.1. The van der Waals surface area contributed by atoms with Gasteiger partial charge < -0.3 is 26.0 Å². The summed E-state index contributed by atoms with van der Waals surface area (Å²) < 4.78 is 5.31. The van der Waals surface area contributed by atoms with Gasteiger partial charge in [-0.15, -0.1) is 0 Å². The summed E-state index contributed by atoms with van der Waals surface area (Å²) in [6, 6.07) is 5.24. The van der Waals surface area contributed by atoms with E-state index in [0.29, 0.717) is 12.1 Å². The number of unbranched alkanes of at least 4 members (excludes halogenated alkanes) is 2. The largest absolute Gasteiger partial charge is 0.444 e. The average Bonchev–Trinajstić information content (AvgIpc) is 2.77. The van der Waals surface area contributed by atoms with Crippen LogP contribution in [-0.4, -0.2) is 52.4 Å². The number of nitrogens with one attached hydrogen (secondary N) is 2. The van der Waals surface area contributed by atoms with Crippen molar-refractivity contribution in [3.8, 4) is 0 Å². The lowest BCUT2D eigenvalue weighted by molar-refractivity contribution is -0.149. The normalized spacial score (nSPS) is 13.3. The molecule has 0 radical (unpaired) electrons. The summed E-state index contributed by atoms with van der Waals surface area (Å²) >= 11 is 0. The lowest BCUT2D eigenvalue weighted by Crippen LogP contribution is -2.59. The van der Waals surface area contributed by atoms with Crippen LogP contribution in [0, 0.1) is 0 Å². The number of rotatable bonds is 12. The summed E-state index contributed by atoms with van der Waals surface area (Å²) in [6.45, 7) is 15.1. The third-order valence-corrected chi connectivity index (χ3v) is 5.64. The molecule has 0 aliphatic rings. The summed E-state index contributed by atoms with van der Waals surface area (Å²) in [7, 11) is 0. The summed E-state index contributed by atoms with van der Waals surface area (Å²) in [5.74, 6) is -1.71. The number of benzene rings is 1. The molecular formula is C28H46N4O5. The highest BCUT2D eigenvalue weighted by Gasteiger charge is 2.42. The van der Waals surface area contributed by atoms with Crippen molar-refractivity contribution in [2.75, 3.05) is 6.54 Å². The van der Waals surface area contributed by atoms with Gasteiger partial charge in [-0.1, -0.05) is 51.0 Å². The fourth-order valence-corrected chi connectivity index (χ4v) is 3.90. The Balaban J connectivity index is 3.51. The highest BCUT2D eigenvalue weighted by atomic mass is 16.6. The molecule has 0 heterocycles. The molecule has 37 heavy (non-hydrogen) atoms. The molecule has 2 atom stereocenters. The Kier molecular flexibility index (Phi) is 12.1.